The van der Waals surface area contributed by atoms with Gasteiger partial charge in [0.2, 0.25) is 0 Å². The summed E-state index contributed by atoms with van der Waals surface area (Å²) in [5.41, 5.74) is 1.93. The summed E-state index contributed by atoms with van der Waals surface area (Å²) in [7, 11) is 1.77. The van der Waals surface area contributed by atoms with E-state index >= 15 is 0 Å². The summed E-state index contributed by atoms with van der Waals surface area (Å²) < 4.78 is 5.62. The molecule has 0 heterocycles. The number of benzene rings is 1. The van der Waals surface area contributed by atoms with Crippen molar-refractivity contribution in [1.29, 1.82) is 0 Å². The molecule has 5 heteroatoms. The molecule has 1 aromatic rings. The molecule has 0 fully saturated rings. The maximum atomic E-state index is 9.75. The van der Waals surface area contributed by atoms with Gasteiger partial charge in [0.25, 0.3) is 0 Å². The number of likely N-dealkylation sites (N-methyl/N-ethyl adjacent to an activating group) is 1. The van der Waals surface area contributed by atoms with E-state index in [-0.39, 0.29) is 6.61 Å². The minimum absolute atomic E-state index is 0.204. The Morgan fingerprint density at radius 2 is 2.05 bits per heavy atom. The fourth-order valence-electron chi connectivity index (χ4n) is 2.36. The second-order valence-corrected chi connectivity index (χ2v) is 4.96. The van der Waals surface area contributed by atoms with E-state index in [1.165, 1.54) is 0 Å². The lowest BCUT2D eigenvalue weighted by Gasteiger charge is -2.27. The molecule has 0 amide bonds. The first-order chi connectivity index (χ1) is 9.11. The molecule has 0 bridgehead atoms. The van der Waals surface area contributed by atoms with E-state index in [0.717, 1.165) is 11.1 Å². The maximum Gasteiger partial charge on any atom is 0.123 e. The van der Waals surface area contributed by atoms with Gasteiger partial charge in [-0.1, -0.05) is 12.1 Å². The number of nitrogens with one attached hydrogen (secondary N) is 1. The van der Waals surface area contributed by atoms with Crippen molar-refractivity contribution in [3.05, 3.63) is 29.3 Å². The number of fused-ring (bicyclic) bond motifs is 1. The number of ether oxygens (including phenoxy) is 1. The molecule has 0 saturated carbocycles. The first kappa shape index (κ1) is 14.3. The zero-order valence-corrected chi connectivity index (χ0v) is 11.0. The zero-order valence-electron chi connectivity index (χ0n) is 11.0. The molecule has 0 unspecified atom stereocenters. The number of hydrogen-bond acceptors (Lipinski definition) is 5. The number of aliphatic hydroxyl groups excluding tert-OH is 3. The monoisotopic (exact) mass is 267 g/mol. The largest absolute Gasteiger partial charge is 0.491 e. The third-order valence-corrected chi connectivity index (χ3v) is 3.39. The molecule has 1 aliphatic rings. The van der Waals surface area contributed by atoms with Crippen molar-refractivity contribution in [3.63, 3.8) is 0 Å². The lowest BCUT2D eigenvalue weighted by Crippen LogP contribution is -2.35. The fraction of sp³-hybridized carbons (Fsp3) is 0.571. The van der Waals surface area contributed by atoms with Gasteiger partial charge in [0.05, 0.1) is 12.2 Å². The Bertz CT molecular complexity index is 424. The van der Waals surface area contributed by atoms with Gasteiger partial charge in [-0.05, 0) is 18.7 Å². The lowest BCUT2D eigenvalue weighted by atomic mass is 9.87. The van der Waals surface area contributed by atoms with Crippen LogP contribution in [-0.4, -0.2) is 53.8 Å². The van der Waals surface area contributed by atoms with E-state index < -0.39 is 18.3 Å². The average molecular weight is 267 g/mol. The molecule has 0 radical (unpaired) electrons. The number of aliphatic hydroxyl groups is 3. The van der Waals surface area contributed by atoms with Crippen molar-refractivity contribution in [2.45, 2.75) is 31.2 Å². The van der Waals surface area contributed by atoms with Crippen LogP contribution in [0, 0.1) is 0 Å². The Kier molecular flexibility index (Phi) is 4.76. The minimum atomic E-state index is -0.750. The zero-order chi connectivity index (χ0) is 13.8. The summed E-state index contributed by atoms with van der Waals surface area (Å²) in [6.45, 7) is 0.673. The number of rotatable bonds is 5. The molecule has 19 heavy (non-hydrogen) atoms. The molecule has 106 valence electrons. The van der Waals surface area contributed by atoms with Crippen molar-refractivity contribution in [2.24, 2.45) is 0 Å². The van der Waals surface area contributed by atoms with Crippen LogP contribution in [0.15, 0.2) is 18.2 Å². The van der Waals surface area contributed by atoms with Crippen LogP contribution in [0.1, 0.15) is 11.1 Å². The summed E-state index contributed by atoms with van der Waals surface area (Å²) in [5, 5.41) is 31.9. The molecule has 0 aliphatic heterocycles. The van der Waals surface area contributed by atoms with Gasteiger partial charge < -0.3 is 25.4 Å². The first-order valence-corrected chi connectivity index (χ1v) is 6.54. The van der Waals surface area contributed by atoms with Crippen LogP contribution in [-0.2, 0) is 12.8 Å². The Morgan fingerprint density at radius 3 is 2.79 bits per heavy atom. The van der Waals surface area contributed by atoms with E-state index in [9.17, 15) is 15.3 Å². The van der Waals surface area contributed by atoms with Gasteiger partial charge in [0, 0.05) is 24.9 Å². The Hall–Kier alpha value is -1.14. The standard InChI is InChI=1S/C14H21NO4/c1-15-7-10(16)8-19-14-4-2-3-9-5-12(17)13(18)6-11(9)14/h2-4,10,12-13,15-18H,5-8H2,1H3/t10-,12+,13-/m0/s1. The SMILES string of the molecule is CNC[C@H](O)COc1cccc2c1C[C@H](O)[C@H](O)C2. The summed E-state index contributed by atoms with van der Waals surface area (Å²) >= 11 is 0. The van der Waals surface area contributed by atoms with Crippen molar-refractivity contribution in [2.75, 3.05) is 20.2 Å². The minimum Gasteiger partial charge on any atom is -0.491 e. The summed E-state index contributed by atoms with van der Waals surface area (Å²) in [5.74, 6) is 0.679. The van der Waals surface area contributed by atoms with E-state index in [0.29, 0.717) is 25.1 Å². The van der Waals surface area contributed by atoms with Gasteiger partial charge in [0.15, 0.2) is 0 Å². The molecular weight excluding hydrogens is 246 g/mol. The van der Waals surface area contributed by atoms with Gasteiger partial charge in [0.1, 0.15) is 18.5 Å². The first-order valence-electron chi connectivity index (χ1n) is 6.54. The molecule has 5 nitrogen and oxygen atoms in total. The van der Waals surface area contributed by atoms with Crippen molar-refractivity contribution in [3.8, 4) is 5.75 Å². The molecule has 4 N–H and O–H groups in total. The van der Waals surface area contributed by atoms with Gasteiger partial charge in [-0.3, -0.25) is 0 Å². The Balaban J connectivity index is 2.08. The van der Waals surface area contributed by atoms with Gasteiger partial charge in [-0.25, -0.2) is 0 Å². The van der Waals surface area contributed by atoms with Crippen LogP contribution in [0.25, 0.3) is 0 Å². The lowest BCUT2D eigenvalue weighted by molar-refractivity contribution is 0.0132. The van der Waals surface area contributed by atoms with Crippen molar-refractivity contribution >= 4 is 0 Å². The number of hydrogen-bond donors (Lipinski definition) is 4. The van der Waals surface area contributed by atoms with Crippen LogP contribution in [0.5, 0.6) is 5.75 Å². The predicted octanol–water partition coefficient (Wildman–Crippen LogP) is -0.534. The smallest absolute Gasteiger partial charge is 0.123 e. The predicted molar refractivity (Wildman–Crippen MR) is 71.3 cm³/mol. The van der Waals surface area contributed by atoms with E-state index in [1.807, 2.05) is 18.2 Å². The van der Waals surface area contributed by atoms with Crippen LogP contribution in [0.4, 0.5) is 0 Å². The summed E-state index contributed by atoms with van der Waals surface area (Å²) in [6, 6.07) is 5.62. The second kappa shape index (κ2) is 6.34. The van der Waals surface area contributed by atoms with Crippen molar-refractivity contribution < 1.29 is 20.1 Å². The molecule has 0 saturated heterocycles. The van der Waals surface area contributed by atoms with Gasteiger partial charge in [-0.15, -0.1) is 0 Å². The average Bonchev–Trinajstić information content (AvgIpc) is 2.38. The third-order valence-electron chi connectivity index (χ3n) is 3.39. The molecule has 0 aromatic heterocycles. The topological polar surface area (TPSA) is 82.0 Å². The summed E-state index contributed by atoms with van der Waals surface area (Å²) in [4.78, 5) is 0. The van der Waals surface area contributed by atoms with Crippen LogP contribution < -0.4 is 10.1 Å². The normalized spacial score (nSPS) is 23.8. The van der Waals surface area contributed by atoms with E-state index in [1.54, 1.807) is 7.05 Å². The molecule has 3 atom stereocenters. The van der Waals surface area contributed by atoms with Crippen LogP contribution in [0.2, 0.25) is 0 Å². The summed E-state index contributed by atoms with van der Waals surface area (Å²) in [6.07, 6.45) is -1.21. The van der Waals surface area contributed by atoms with E-state index in [4.69, 9.17) is 4.74 Å². The molecule has 2 rings (SSSR count). The Morgan fingerprint density at radius 1 is 1.32 bits per heavy atom. The molecular formula is C14H21NO4. The second-order valence-electron chi connectivity index (χ2n) is 4.96. The van der Waals surface area contributed by atoms with Crippen LogP contribution in [0.3, 0.4) is 0 Å². The Labute approximate surface area is 112 Å². The van der Waals surface area contributed by atoms with E-state index in [2.05, 4.69) is 5.32 Å². The van der Waals surface area contributed by atoms with Gasteiger partial charge >= 0.3 is 0 Å². The van der Waals surface area contributed by atoms with Gasteiger partial charge in [-0.2, -0.15) is 0 Å². The highest BCUT2D eigenvalue weighted by atomic mass is 16.5. The molecule has 1 aromatic carbocycles. The highest BCUT2D eigenvalue weighted by Gasteiger charge is 2.27. The highest BCUT2D eigenvalue weighted by molar-refractivity contribution is 5.43. The molecule has 0 spiro atoms. The van der Waals surface area contributed by atoms with Crippen LogP contribution >= 0.6 is 0 Å². The quantitative estimate of drug-likeness (QED) is 0.576. The van der Waals surface area contributed by atoms with Crippen molar-refractivity contribution in [1.82, 2.24) is 5.32 Å². The third kappa shape index (κ3) is 3.45. The maximum absolute atomic E-state index is 9.75. The molecule has 1 aliphatic carbocycles. The fourth-order valence-corrected chi connectivity index (χ4v) is 2.36. The highest BCUT2D eigenvalue weighted by Crippen LogP contribution is 2.30.